The van der Waals surface area contributed by atoms with Gasteiger partial charge in [0, 0.05) is 0 Å². The van der Waals surface area contributed by atoms with Crippen molar-refractivity contribution in [1.29, 1.82) is 0 Å². The van der Waals surface area contributed by atoms with Crippen molar-refractivity contribution in [3.63, 3.8) is 0 Å². The zero-order valence-electron chi connectivity index (χ0n) is 17.7. The van der Waals surface area contributed by atoms with Gasteiger partial charge in [0.2, 0.25) is 0 Å². The summed E-state index contributed by atoms with van der Waals surface area (Å²) in [4.78, 5) is 12.0. The number of carbonyl (C=O) groups excluding carboxylic acids is 1. The van der Waals surface area contributed by atoms with Gasteiger partial charge < -0.3 is 10.4 Å². The third kappa shape index (κ3) is 5.75. The average Bonchev–Trinajstić information content (AvgIpc) is 2.76. The fourth-order valence-electron chi connectivity index (χ4n) is 3.52. The lowest BCUT2D eigenvalue weighted by Crippen LogP contribution is -2.61. The third-order valence-electron chi connectivity index (χ3n) is 5.42. The standard InChI is InChI=1S/C24H31FN2O3/c1-16(2)21(25)24(4,29)22(23(28)27-30)26-15-14-17(3)18-10-12-20(13-11-18)19-8-6-5-7-9-19/h5-13,17,21-22,26,29-30H,1,14-15H2,2-4H3,(H,27,28). The van der Waals surface area contributed by atoms with Gasteiger partial charge in [-0.15, -0.1) is 0 Å². The molecule has 30 heavy (non-hydrogen) atoms. The molecule has 4 atom stereocenters. The molecule has 0 fully saturated rings. The highest BCUT2D eigenvalue weighted by Crippen LogP contribution is 2.26. The molecule has 0 bridgehead atoms. The highest BCUT2D eigenvalue weighted by Gasteiger charge is 2.44. The molecule has 2 rings (SSSR count). The van der Waals surface area contributed by atoms with Gasteiger partial charge in [0.15, 0.2) is 6.17 Å². The number of halogens is 1. The van der Waals surface area contributed by atoms with Crippen molar-refractivity contribution >= 4 is 5.91 Å². The van der Waals surface area contributed by atoms with Crippen molar-refractivity contribution in [1.82, 2.24) is 10.8 Å². The van der Waals surface area contributed by atoms with Gasteiger partial charge >= 0.3 is 0 Å². The van der Waals surface area contributed by atoms with E-state index in [1.165, 1.54) is 19.3 Å². The first kappa shape index (κ1) is 23.7. The van der Waals surface area contributed by atoms with Crippen LogP contribution in [-0.2, 0) is 4.79 Å². The van der Waals surface area contributed by atoms with Crippen LogP contribution in [0.3, 0.4) is 0 Å². The summed E-state index contributed by atoms with van der Waals surface area (Å²) in [6, 6.07) is 17.1. The molecule has 4 N–H and O–H groups in total. The normalized spacial score (nSPS) is 16.2. The Kier molecular flexibility index (Phi) is 8.29. The molecule has 0 heterocycles. The molecule has 0 aliphatic rings. The first-order valence-corrected chi connectivity index (χ1v) is 10.0. The highest BCUT2D eigenvalue weighted by atomic mass is 19.1. The molecule has 1 amide bonds. The molecule has 5 nitrogen and oxygen atoms in total. The van der Waals surface area contributed by atoms with Crippen LogP contribution in [0.2, 0.25) is 0 Å². The number of alkyl halides is 1. The van der Waals surface area contributed by atoms with Crippen LogP contribution in [0.4, 0.5) is 4.39 Å². The monoisotopic (exact) mass is 414 g/mol. The predicted molar refractivity (Wildman–Crippen MR) is 117 cm³/mol. The lowest BCUT2D eigenvalue weighted by molar-refractivity contribution is -0.141. The minimum atomic E-state index is -2.06. The van der Waals surface area contributed by atoms with Crippen LogP contribution in [0, 0.1) is 0 Å². The van der Waals surface area contributed by atoms with E-state index in [1.807, 2.05) is 18.2 Å². The number of amides is 1. The Hall–Kier alpha value is -2.54. The van der Waals surface area contributed by atoms with E-state index < -0.39 is 23.7 Å². The van der Waals surface area contributed by atoms with Gasteiger partial charge in [-0.25, -0.2) is 9.87 Å². The Balaban J connectivity index is 2.00. The van der Waals surface area contributed by atoms with Gasteiger partial charge in [-0.2, -0.15) is 0 Å². The number of hydrogen-bond acceptors (Lipinski definition) is 4. The summed E-state index contributed by atoms with van der Waals surface area (Å²) >= 11 is 0. The fourth-order valence-corrected chi connectivity index (χ4v) is 3.52. The molecule has 2 aromatic rings. The summed E-state index contributed by atoms with van der Waals surface area (Å²) in [7, 11) is 0. The summed E-state index contributed by atoms with van der Waals surface area (Å²) in [6.07, 6.45) is -1.17. The smallest absolute Gasteiger partial charge is 0.263 e. The fraction of sp³-hybridized carbons (Fsp3) is 0.375. The van der Waals surface area contributed by atoms with E-state index in [2.05, 4.69) is 55.2 Å². The lowest BCUT2D eigenvalue weighted by Gasteiger charge is -2.35. The van der Waals surface area contributed by atoms with Crippen LogP contribution in [-0.4, -0.2) is 40.6 Å². The van der Waals surface area contributed by atoms with Crippen molar-refractivity contribution in [3.05, 3.63) is 72.3 Å². The Morgan fingerprint density at radius 3 is 2.23 bits per heavy atom. The Bertz CT molecular complexity index is 837. The van der Waals surface area contributed by atoms with Gasteiger partial charge in [-0.3, -0.25) is 10.0 Å². The Morgan fingerprint density at radius 1 is 1.13 bits per heavy atom. The van der Waals surface area contributed by atoms with E-state index in [0.717, 1.165) is 16.7 Å². The molecule has 0 aliphatic heterocycles. The van der Waals surface area contributed by atoms with E-state index in [9.17, 15) is 14.3 Å². The van der Waals surface area contributed by atoms with Gasteiger partial charge in [0.05, 0.1) is 0 Å². The van der Waals surface area contributed by atoms with Crippen LogP contribution < -0.4 is 10.8 Å². The molecule has 2 aromatic carbocycles. The Morgan fingerprint density at radius 2 is 1.70 bits per heavy atom. The summed E-state index contributed by atoms with van der Waals surface area (Å²) < 4.78 is 14.4. The number of benzene rings is 2. The molecule has 0 saturated carbocycles. The molecule has 6 heteroatoms. The van der Waals surface area contributed by atoms with E-state index in [0.29, 0.717) is 13.0 Å². The molecule has 0 saturated heterocycles. The molecule has 0 aromatic heterocycles. The van der Waals surface area contributed by atoms with Crippen LogP contribution >= 0.6 is 0 Å². The van der Waals surface area contributed by atoms with Crippen LogP contribution in [0.25, 0.3) is 11.1 Å². The van der Waals surface area contributed by atoms with Crippen molar-refractivity contribution in [3.8, 4) is 11.1 Å². The first-order valence-electron chi connectivity index (χ1n) is 10.0. The topological polar surface area (TPSA) is 81.6 Å². The maximum absolute atomic E-state index is 14.4. The zero-order valence-corrected chi connectivity index (χ0v) is 17.7. The van der Waals surface area contributed by atoms with E-state index in [-0.39, 0.29) is 11.5 Å². The summed E-state index contributed by atoms with van der Waals surface area (Å²) in [6.45, 7) is 8.57. The van der Waals surface area contributed by atoms with Crippen molar-refractivity contribution in [2.24, 2.45) is 0 Å². The quantitative estimate of drug-likeness (QED) is 0.269. The van der Waals surface area contributed by atoms with Gasteiger partial charge in [-0.1, -0.05) is 68.1 Å². The first-order chi connectivity index (χ1) is 14.2. The summed E-state index contributed by atoms with van der Waals surface area (Å²) in [5.41, 5.74) is 2.96. The van der Waals surface area contributed by atoms with Crippen molar-refractivity contribution in [2.45, 2.75) is 50.9 Å². The molecule has 0 aliphatic carbocycles. The highest BCUT2D eigenvalue weighted by molar-refractivity contribution is 5.82. The summed E-state index contributed by atoms with van der Waals surface area (Å²) in [5, 5.41) is 22.4. The van der Waals surface area contributed by atoms with E-state index in [4.69, 9.17) is 5.21 Å². The maximum Gasteiger partial charge on any atom is 0.263 e. The number of aliphatic hydroxyl groups is 1. The number of carbonyl (C=O) groups is 1. The van der Waals surface area contributed by atoms with Crippen LogP contribution in [0.1, 0.15) is 38.7 Å². The van der Waals surface area contributed by atoms with Gasteiger partial charge in [0.1, 0.15) is 11.6 Å². The second-order valence-electron chi connectivity index (χ2n) is 7.98. The maximum atomic E-state index is 14.4. The number of nitrogens with one attached hydrogen (secondary N) is 2. The number of rotatable bonds is 10. The van der Waals surface area contributed by atoms with Crippen molar-refractivity contribution in [2.75, 3.05) is 6.54 Å². The zero-order chi connectivity index (χ0) is 22.3. The lowest BCUT2D eigenvalue weighted by atomic mass is 9.87. The predicted octanol–water partition coefficient (Wildman–Crippen LogP) is 3.98. The van der Waals surface area contributed by atoms with Crippen LogP contribution in [0.5, 0.6) is 0 Å². The molecule has 4 unspecified atom stereocenters. The van der Waals surface area contributed by atoms with E-state index in [1.54, 1.807) is 0 Å². The molecule has 0 spiro atoms. The average molecular weight is 415 g/mol. The van der Waals surface area contributed by atoms with E-state index >= 15 is 0 Å². The van der Waals surface area contributed by atoms with Gasteiger partial charge in [-0.05, 0) is 55.0 Å². The minimum Gasteiger partial charge on any atom is -0.385 e. The second kappa shape index (κ2) is 10.5. The molecule has 0 radical (unpaired) electrons. The summed E-state index contributed by atoms with van der Waals surface area (Å²) in [5.74, 6) is -0.726. The Labute approximate surface area is 177 Å². The number of hydroxylamine groups is 1. The van der Waals surface area contributed by atoms with Crippen LogP contribution in [0.15, 0.2) is 66.7 Å². The molecule has 162 valence electrons. The van der Waals surface area contributed by atoms with Gasteiger partial charge in [0.25, 0.3) is 5.91 Å². The molecular formula is C24H31FN2O3. The second-order valence-corrected chi connectivity index (χ2v) is 7.98. The largest absolute Gasteiger partial charge is 0.385 e. The molecular weight excluding hydrogens is 383 g/mol. The minimum absolute atomic E-state index is 0.101. The SMILES string of the molecule is C=C(C)C(F)C(C)(O)C(NCCC(C)c1ccc(-c2ccccc2)cc1)C(=O)NO. The third-order valence-corrected chi connectivity index (χ3v) is 5.42. The van der Waals surface area contributed by atoms with Crippen molar-refractivity contribution < 1.29 is 19.5 Å². The number of hydrogen-bond donors (Lipinski definition) is 4.